The van der Waals surface area contributed by atoms with E-state index in [-0.39, 0.29) is 5.22 Å². The van der Waals surface area contributed by atoms with E-state index < -0.39 is 8.80 Å². The van der Waals surface area contributed by atoms with Gasteiger partial charge in [-0.05, 0) is 13.8 Å². The predicted octanol–water partition coefficient (Wildman–Crippen LogP) is 0.783. The van der Waals surface area contributed by atoms with Crippen LogP contribution in [0.2, 0.25) is 13.1 Å². The molecule has 7 heavy (non-hydrogen) atoms. The molecule has 1 N–H and O–H groups in total. The molecule has 0 heterocycles. The van der Waals surface area contributed by atoms with Gasteiger partial charge in [-0.25, -0.2) is 0 Å². The summed E-state index contributed by atoms with van der Waals surface area (Å²) >= 11 is 0. The Bertz CT molecular complexity index is 53.6. The number of hydrogen-bond acceptors (Lipinski definition) is 1. The van der Waals surface area contributed by atoms with Gasteiger partial charge in [0, 0.05) is 5.22 Å². The average Bonchev–Trinajstić information content (AvgIpc) is 1.31. The molecule has 0 aliphatic carbocycles. The SMILES string of the molecule is C[SiH](C)C(C)(C)O. The van der Waals surface area contributed by atoms with E-state index in [0.717, 1.165) is 0 Å². The summed E-state index contributed by atoms with van der Waals surface area (Å²) in [6.07, 6.45) is 0. The minimum Gasteiger partial charge on any atom is -0.394 e. The number of aliphatic hydroxyl groups is 1. The van der Waals surface area contributed by atoms with E-state index in [1.807, 2.05) is 13.8 Å². The van der Waals surface area contributed by atoms with Crippen LogP contribution >= 0.6 is 0 Å². The molecule has 0 atom stereocenters. The summed E-state index contributed by atoms with van der Waals surface area (Å²) in [7, 11) is -0.803. The molecular weight excluding hydrogens is 104 g/mol. The van der Waals surface area contributed by atoms with Crippen molar-refractivity contribution in [2.75, 3.05) is 0 Å². The number of hydrogen-bond donors (Lipinski definition) is 1. The fraction of sp³-hybridized carbons (Fsp3) is 1.00. The minimum absolute atomic E-state index is 0.361. The lowest BCUT2D eigenvalue weighted by molar-refractivity contribution is 0.162. The highest BCUT2D eigenvalue weighted by Gasteiger charge is 2.17. The molecule has 0 amide bonds. The van der Waals surface area contributed by atoms with Crippen molar-refractivity contribution in [1.29, 1.82) is 0 Å². The fourth-order valence-corrected chi connectivity index (χ4v) is 0. The summed E-state index contributed by atoms with van der Waals surface area (Å²) in [5.41, 5.74) is 0. The fourth-order valence-electron chi connectivity index (χ4n) is 0. The Morgan fingerprint density at radius 2 is 1.43 bits per heavy atom. The van der Waals surface area contributed by atoms with Gasteiger partial charge < -0.3 is 5.11 Å². The maximum Gasteiger partial charge on any atom is 0.0684 e. The van der Waals surface area contributed by atoms with Crippen LogP contribution in [0.1, 0.15) is 13.8 Å². The molecule has 0 radical (unpaired) electrons. The zero-order valence-electron chi connectivity index (χ0n) is 5.52. The van der Waals surface area contributed by atoms with E-state index >= 15 is 0 Å². The topological polar surface area (TPSA) is 20.2 Å². The zero-order chi connectivity index (χ0) is 6.08. The van der Waals surface area contributed by atoms with Crippen molar-refractivity contribution in [1.82, 2.24) is 0 Å². The second-order valence-electron chi connectivity index (χ2n) is 2.81. The van der Waals surface area contributed by atoms with Gasteiger partial charge in [0.2, 0.25) is 0 Å². The van der Waals surface area contributed by atoms with Crippen LogP contribution in [0.15, 0.2) is 0 Å². The van der Waals surface area contributed by atoms with E-state index in [2.05, 4.69) is 13.1 Å². The van der Waals surface area contributed by atoms with Crippen LogP contribution < -0.4 is 0 Å². The summed E-state index contributed by atoms with van der Waals surface area (Å²) < 4.78 is 0. The lowest BCUT2D eigenvalue weighted by atomic mass is 10.5. The van der Waals surface area contributed by atoms with Crippen LogP contribution in [-0.4, -0.2) is 19.1 Å². The number of rotatable bonds is 1. The molecule has 0 aromatic heterocycles. The summed E-state index contributed by atoms with van der Waals surface area (Å²) in [5.74, 6) is 0. The van der Waals surface area contributed by atoms with Crippen molar-refractivity contribution in [2.24, 2.45) is 0 Å². The maximum atomic E-state index is 9.16. The summed E-state index contributed by atoms with van der Waals surface area (Å²) in [5, 5.41) is 8.80. The van der Waals surface area contributed by atoms with Crippen LogP contribution in [0.25, 0.3) is 0 Å². The van der Waals surface area contributed by atoms with E-state index in [4.69, 9.17) is 5.11 Å². The summed E-state index contributed by atoms with van der Waals surface area (Å²) in [6.45, 7) is 8.04. The second kappa shape index (κ2) is 1.97. The molecule has 0 aliphatic rings. The molecular formula is C5H14OSi. The maximum absolute atomic E-state index is 9.16. The Morgan fingerprint density at radius 3 is 1.43 bits per heavy atom. The highest BCUT2D eigenvalue weighted by atomic mass is 28.3. The van der Waals surface area contributed by atoms with Gasteiger partial charge in [-0.2, -0.15) is 0 Å². The van der Waals surface area contributed by atoms with Crippen LogP contribution in [0.5, 0.6) is 0 Å². The van der Waals surface area contributed by atoms with Gasteiger partial charge in [-0.3, -0.25) is 0 Å². The Labute approximate surface area is 47.0 Å². The molecule has 0 fully saturated rings. The van der Waals surface area contributed by atoms with Crippen molar-refractivity contribution in [3.8, 4) is 0 Å². The van der Waals surface area contributed by atoms with E-state index in [0.29, 0.717) is 0 Å². The van der Waals surface area contributed by atoms with Gasteiger partial charge in [-0.1, -0.05) is 13.1 Å². The first-order valence-electron chi connectivity index (χ1n) is 2.67. The first kappa shape index (κ1) is 7.18. The van der Waals surface area contributed by atoms with Crippen molar-refractivity contribution in [3.05, 3.63) is 0 Å². The molecule has 0 saturated carbocycles. The predicted molar refractivity (Wildman–Crippen MR) is 35.2 cm³/mol. The molecule has 0 spiro atoms. The molecule has 1 nitrogen and oxygen atoms in total. The van der Waals surface area contributed by atoms with Crippen molar-refractivity contribution >= 4 is 8.80 Å². The van der Waals surface area contributed by atoms with Crippen molar-refractivity contribution < 1.29 is 5.11 Å². The third-order valence-electron chi connectivity index (χ3n) is 1.41. The molecule has 0 aromatic carbocycles. The van der Waals surface area contributed by atoms with Crippen LogP contribution in [0, 0.1) is 0 Å². The molecule has 0 unspecified atom stereocenters. The lowest BCUT2D eigenvalue weighted by Gasteiger charge is -2.19. The average molecular weight is 118 g/mol. The Kier molecular flexibility index (Phi) is 2.02. The van der Waals surface area contributed by atoms with Crippen LogP contribution in [0.3, 0.4) is 0 Å². The van der Waals surface area contributed by atoms with E-state index in [1.165, 1.54) is 0 Å². The van der Waals surface area contributed by atoms with Crippen molar-refractivity contribution in [2.45, 2.75) is 32.2 Å². The third-order valence-corrected chi connectivity index (χ3v) is 4.24. The second-order valence-corrected chi connectivity index (χ2v) is 6.53. The Hall–Kier alpha value is 0.177. The molecule has 2 heteroatoms. The van der Waals surface area contributed by atoms with Gasteiger partial charge in [0.05, 0.1) is 8.80 Å². The monoisotopic (exact) mass is 118 g/mol. The highest BCUT2D eigenvalue weighted by molar-refractivity contribution is 6.58. The third kappa shape index (κ3) is 2.82. The molecule has 0 rings (SSSR count). The summed E-state index contributed by atoms with van der Waals surface area (Å²) in [4.78, 5) is 0. The Morgan fingerprint density at radius 1 is 1.29 bits per heavy atom. The smallest absolute Gasteiger partial charge is 0.0684 e. The molecule has 0 aliphatic heterocycles. The van der Waals surface area contributed by atoms with Gasteiger partial charge in [-0.15, -0.1) is 0 Å². The van der Waals surface area contributed by atoms with E-state index in [9.17, 15) is 0 Å². The molecule has 0 saturated heterocycles. The van der Waals surface area contributed by atoms with Crippen LogP contribution in [0.4, 0.5) is 0 Å². The zero-order valence-corrected chi connectivity index (χ0v) is 6.68. The normalized spacial score (nSPS) is 12.9. The quantitative estimate of drug-likeness (QED) is 0.505. The molecule has 0 aromatic rings. The summed E-state index contributed by atoms with van der Waals surface area (Å²) in [6, 6.07) is 0. The minimum atomic E-state index is -0.803. The van der Waals surface area contributed by atoms with Gasteiger partial charge in [0.25, 0.3) is 0 Å². The molecule has 44 valence electrons. The van der Waals surface area contributed by atoms with Crippen molar-refractivity contribution in [3.63, 3.8) is 0 Å². The molecule has 0 bridgehead atoms. The highest BCUT2D eigenvalue weighted by Crippen LogP contribution is 2.04. The van der Waals surface area contributed by atoms with Crippen LogP contribution in [-0.2, 0) is 0 Å². The lowest BCUT2D eigenvalue weighted by Crippen LogP contribution is -2.34. The van der Waals surface area contributed by atoms with E-state index in [1.54, 1.807) is 0 Å². The van der Waals surface area contributed by atoms with Gasteiger partial charge >= 0.3 is 0 Å². The van der Waals surface area contributed by atoms with Gasteiger partial charge in [0.1, 0.15) is 0 Å². The standard InChI is InChI=1S/C5H14OSi/c1-5(2,6)7(3)4/h6-7H,1-4H3. The Balaban J connectivity index is 3.54. The first-order valence-corrected chi connectivity index (χ1v) is 5.55. The first-order chi connectivity index (χ1) is 2.94. The largest absolute Gasteiger partial charge is 0.394 e. The van der Waals surface area contributed by atoms with Gasteiger partial charge in [0.15, 0.2) is 0 Å².